The second-order valence-corrected chi connectivity index (χ2v) is 25.3. The van der Waals surface area contributed by atoms with E-state index in [9.17, 15) is 19.8 Å². The van der Waals surface area contributed by atoms with Crippen molar-refractivity contribution in [3.8, 4) is 0 Å². The molecular formula is C75H143NO5. The van der Waals surface area contributed by atoms with Crippen molar-refractivity contribution >= 4 is 11.9 Å². The van der Waals surface area contributed by atoms with E-state index in [0.717, 1.165) is 44.9 Å². The minimum atomic E-state index is -0.846. The molecule has 0 aromatic carbocycles. The highest BCUT2D eigenvalue weighted by Gasteiger charge is 2.18. The zero-order chi connectivity index (χ0) is 58.5. The Labute approximate surface area is 506 Å². The summed E-state index contributed by atoms with van der Waals surface area (Å²) in [6, 6.07) is -0.630. The predicted octanol–water partition coefficient (Wildman–Crippen LogP) is 23.9. The first-order chi connectivity index (χ1) is 40.0. The molecule has 0 aromatic heterocycles. The van der Waals surface area contributed by atoms with Gasteiger partial charge >= 0.3 is 5.97 Å². The van der Waals surface area contributed by atoms with Crippen LogP contribution in [0.1, 0.15) is 406 Å². The summed E-state index contributed by atoms with van der Waals surface area (Å²) in [5.41, 5.74) is 0. The molecule has 81 heavy (non-hydrogen) atoms. The van der Waals surface area contributed by atoms with Crippen LogP contribution in [0.2, 0.25) is 0 Å². The minimum absolute atomic E-state index is 0.00479. The largest absolute Gasteiger partial charge is 0.466 e. The van der Waals surface area contributed by atoms with Crippen molar-refractivity contribution in [2.24, 2.45) is 0 Å². The molecule has 0 saturated heterocycles. The number of aliphatic hydroxyl groups excluding tert-OH is 2. The lowest BCUT2D eigenvalue weighted by atomic mass is 10.0. The van der Waals surface area contributed by atoms with E-state index in [1.807, 2.05) is 6.08 Å². The van der Waals surface area contributed by atoms with E-state index < -0.39 is 12.1 Å². The van der Waals surface area contributed by atoms with Gasteiger partial charge in [-0.25, -0.2) is 0 Å². The van der Waals surface area contributed by atoms with Crippen LogP contribution in [0.15, 0.2) is 36.5 Å². The minimum Gasteiger partial charge on any atom is -0.466 e. The summed E-state index contributed by atoms with van der Waals surface area (Å²) in [7, 11) is 0. The molecule has 1 amide bonds. The Morgan fingerprint density at radius 1 is 0.333 bits per heavy atom. The standard InChI is InChI=1S/C75H143NO5/c1-3-5-7-9-11-13-15-16-17-18-19-20-21-26-29-32-35-38-41-44-48-51-55-59-63-67-73(78)72(71-77)76-74(79)68-64-60-56-52-49-45-42-39-36-33-30-27-24-22-23-25-28-31-34-37-40-43-46-50-54-58-62-66-70-81-75(80)69-65-61-57-53-47-14-12-10-8-6-4-2/h10,12,22-23,63,67,72-73,77-78H,3-9,11,13-21,24-62,64-66,68-71H2,1-2H3,(H,76,79)/b12-10-,23-22-,67-63+. The number of carbonyl (C=O) groups is 2. The second kappa shape index (κ2) is 70.6. The van der Waals surface area contributed by atoms with Crippen molar-refractivity contribution < 1.29 is 24.5 Å². The van der Waals surface area contributed by atoms with Crippen LogP contribution in [0, 0.1) is 0 Å². The molecule has 0 aliphatic heterocycles. The maximum Gasteiger partial charge on any atom is 0.305 e. The van der Waals surface area contributed by atoms with Crippen LogP contribution in [0.25, 0.3) is 0 Å². The fraction of sp³-hybridized carbons (Fsp3) is 0.893. The molecule has 6 heteroatoms. The van der Waals surface area contributed by atoms with Gasteiger partial charge in [0.25, 0.3) is 0 Å². The third-order valence-corrected chi connectivity index (χ3v) is 17.1. The molecule has 2 atom stereocenters. The van der Waals surface area contributed by atoms with Gasteiger partial charge in [-0.15, -0.1) is 0 Å². The Kier molecular flexibility index (Phi) is 68.9. The smallest absolute Gasteiger partial charge is 0.305 e. The summed E-state index contributed by atoms with van der Waals surface area (Å²) < 4.78 is 5.47. The summed E-state index contributed by atoms with van der Waals surface area (Å²) in [5.74, 6) is -0.0587. The van der Waals surface area contributed by atoms with Gasteiger partial charge in [0.2, 0.25) is 5.91 Å². The molecule has 0 saturated carbocycles. The Morgan fingerprint density at radius 2 is 0.593 bits per heavy atom. The lowest BCUT2D eigenvalue weighted by molar-refractivity contribution is -0.143. The van der Waals surface area contributed by atoms with Crippen LogP contribution in [-0.2, 0) is 14.3 Å². The first-order valence-electron chi connectivity index (χ1n) is 36.8. The van der Waals surface area contributed by atoms with E-state index in [0.29, 0.717) is 19.4 Å². The van der Waals surface area contributed by atoms with Crippen LogP contribution >= 0.6 is 0 Å². The number of unbranched alkanes of at least 4 members (excludes halogenated alkanes) is 54. The molecule has 0 spiro atoms. The van der Waals surface area contributed by atoms with Crippen molar-refractivity contribution in [1.82, 2.24) is 5.32 Å². The van der Waals surface area contributed by atoms with E-state index in [4.69, 9.17) is 4.74 Å². The summed E-state index contributed by atoms with van der Waals surface area (Å²) in [4.78, 5) is 24.5. The summed E-state index contributed by atoms with van der Waals surface area (Å²) >= 11 is 0. The monoisotopic (exact) mass is 1140 g/mol. The Morgan fingerprint density at radius 3 is 0.914 bits per heavy atom. The van der Waals surface area contributed by atoms with Crippen molar-refractivity contribution in [1.29, 1.82) is 0 Å². The van der Waals surface area contributed by atoms with Crippen LogP contribution in [0.3, 0.4) is 0 Å². The van der Waals surface area contributed by atoms with E-state index in [-0.39, 0.29) is 18.5 Å². The molecule has 0 rings (SSSR count). The van der Waals surface area contributed by atoms with Gasteiger partial charge in [-0.05, 0) is 77.0 Å². The van der Waals surface area contributed by atoms with Gasteiger partial charge in [0, 0.05) is 12.8 Å². The van der Waals surface area contributed by atoms with Crippen molar-refractivity contribution in [3.05, 3.63) is 36.5 Å². The number of carbonyl (C=O) groups excluding carboxylic acids is 2. The first-order valence-corrected chi connectivity index (χ1v) is 36.8. The Bertz CT molecular complexity index is 1310. The van der Waals surface area contributed by atoms with Gasteiger partial charge < -0.3 is 20.3 Å². The molecule has 0 bridgehead atoms. The van der Waals surface area contributed by atoms with E-state index in [1.165, 1.54) is 334 Å². The highest BCUT2D eigenvalue weighted by molar-refractivity contribution is 5.76. The molecule has 0 radical (unpaired) electrons. The number of nitrogens with one attached hydrogen (secondary N) is 1. The lowest BCUT2D eigenvalue weighted by Crippen LogP contribution is -2.45. The fourth-order valence-electron chi connectivity index (χ4n) is 11.5. The normalized spacial score (nSPS) is 12.7. The van der Waals surface area contributed by atoms with Crippen LogP contribution in [0.5, 0.6) is 0 Å². The van der Waals surface area contributed by atoms with E-state index >= 15 is 0 Å². The van der Waals surface area contributed by atoms with Crippen molar-refractivity contribution in [3.63, 3.8) is 0 Å². The van der Waals surface area contributed by atoms with Crippen molar-refractivity contribution in [2.45, 2.75) is 418 Å². The molecular weight excluding hydrogens is 995 g/mol. The highest BCUT2D eigenvalue weighted by atomic mass is 16.5. The third kappa shape index (κ3) is 67.1. The van der Waals surface area contributed by atoms with Gasteiger partial charge in [-0.1, -0.05) is 352 Å². The molecule has 0 aromatic rings. The van der Waals surface area contributed by atoms with Gasteiger partial charge in [-0.3, -0.25) is 9.59 Å². The average molecular weight is 1140 g/mol. The van der Waals surface area contributed by atoms with Crippen molar-refractivity contribution in [2.75, 3.05) is 13.2 Å². The maximum atomic E-state index is 12.5. The summed E-state index contributed by atoms with van der Waals surface area (Å²) in [5, 5.41) is 23.3. The maximum absolute atomic E-state index is 12.5. The Hall–Kier alpha value is -1.92. The van der Waals surface area contributed by atoms with Gasteiger partial charge in [0.05, 0.1) is 25.4 Å². The van der Waals surface area contributed by atoms with Gasteiger partial charge in [-0.2, -0.15) is 0 Å². The molecule has 478 valence electrons. The van der Waals surface area contributed by atoms with E-state index in [1.54, 1.807) is 6.08 Å². The molecule has 3 N–H and O–H groups in total. The number of esters is 1. The van der Waals surface area contributed by atoms with Gasteiger partial charge in [0.1, 0.15) is 0 Å². The Balaban J connectivity index is 3.41. The molecule has 6 nitrogen and oxygen atoms in total. The SMILES string of the molecule is CCCC/C=C\CCCCCCCC(=O)OCCCCCCCCCCCCCC/C=C\CCCCCCCCCCCCCCC(=O)NC(CO)C(O)/C=C/CCCCCCCCCCCCCCCCCCCCCCCCC. The van der Waals surface area contributed by atoms with Gasteiger partial charge in [0.15, 0.2) is 0 Å². The number of hydrogen-bond donors (Lipinski definition) is 3. The summed E-state index contributed by atoms with van der Waals surface area (Å²) in [6.07, 6.45) is 91.0. The second-order valence-electron chi connectivity index (χ2n) is 25.3. The average Bonchev–Trinajstić information content (AvgIpc) is 3.47. The predicted molar refractivity (Wildman–Crippen MR) is 356 cm³/mol. The number of rotatable bonds is 69. The number of ether oxygens (including phenoxy) is 1. The van der Waals surface area contributed by atoms with Crippen LogP contribution in [-0.4, -0.2) is 47.4 Å². The number of allylic oxidation sites excluding steroid dienone is 5. The van der Waals surface area contributed by atoms with Crippen LogP contribution in [0.4, 0.5) is 0 Å². The zero-order valence-electron chi connectivity index (χ0n) is 54.8. The number of aliphatic hydroxyl groups is 2. The third-order valence-electron chi connectivity index (χ3n) is 17.1. The molecule has 0 aliphatic carbocycles. The van der Waals surface area contributed by atoms with E-state index in [2.05, 4.69) is 43.5 Å². The lowest BCUT2D eigenvalue weighted by Gasteiger charge is -2.20. The molecule has 2 unspecified atom stereocenters. The molecule has 0 aliphatic rings. The highest BCUT2D eigenvalue weighted by Crippen LogP contribution is 2.19. The van der Waals surface area contributed by atoms with Crippen LogP contribution < -0.4 is 5.32 Å². The summed E-state index contributed by atoms with van der Waals surface area (Å²) in [6.45, 7) is 4.90. The first kappa shape index (κ1) is 79.1. The quantitative estimate of drug-likeness (QED) is 0.0320. The number of hydrogen-bond acceptors (Lipinski definition) is 5. The zero-order valence-corrected chi connectivity index (χ0v) is 54.8. The topological polar surface area (TPSA) is 95.9 Å². The fourth-order valence-corrected chi connectivity index (χ4v) is 11.5. The molecule has 0 heterocycles. The molecule has 0 fully saturated rings. The number of amides is 1.